The largest absolute Gasteiger partial charge is 0.484 e. The zero-order chi connectivity index (χ0) is 23.6. The van der Waals surface area contributed by atoms with E-state index < -0.39 is 39.0 Å². The zero-order valence-electron chi connectivity index (χ0n) is 16.2. The Balaban J connectivity index is 1.73. The number of allylic oxidation sites excluding steroid dienone is 1. The number of carbonyl (C=O) groups is 4. The van der Waals surface area contributed by atoms with Gasteiger partial charge in [-0.3, -0.25) is 14.5 Å². The molecule has 3 rings (SSSR count). The fraction of sp³-hybridized carbons (Fsp3) is 0.263. The summed E-state index contributed by atoms with van der Waals surface area (Å²) in [5.74, 6) is -3.23. The van der Waals surface area contributed by atoms with Gasteiger partial charge in [-0.15, -0.1) is 0 Å². The number of ether oxygens (including phenoxy) is 2. The summed E-state index contributed by atoms with van der Waals surface area (Å²) in [6.45, 7) is 1.10. The van der Waals surface area contributed by atoms with Crippen LogP contribution in [0.15, 0.2) is 52.8 Å². The number of thioether (sulfide) groups is 1. The fourth-order valence-electron chi connectivity index (χ4n) is 2.91. The zero-order valence-corrected chi connectivity index (χ0v) is 19.3. The second kappa shape index (κ2) is 9.62. The van der Waals surface area contributed by atoms with Gasteiger partial charge >= 0.3 is 11.9 Å². The van der Waals surface area contributed by atoms with Crippen LogP contribution >= 0.6 is 46.6 Å². The maximum absolute atomic E-state index is 12.6. The number of carbonyl (C=O) groups excluding carboxylic acids is 3. The second-order valence-corrected chi connectivity index (χ2v) is 9.97. The summed E-state index contributed by atoms with van der Waals surface area (Å²) in [7, 11) is 0. The number of aliphatic carboxylic acids is 1. The summed E-state index contributed by atoms with van der Waals surface area (Å²) in [5.41, 5.74) is -0.137. The van der Waals surface area contributed by atoms with Gasteiger partial charge in [-0.1, -0.05) is 64.8 Å². The van der Waals surface area contributed by atoms with Gasteiger partial charge in [0.1, 0.15) is 29.1 Å². The van der Waals surface area contributed by atoms with Crippen molar-refractivity contribution in [2.24, 2.45) is 0 Å². The molecule has 1 aromatic carbocycles. The number of β-lactam (4-membered cyclic amide) rings is 1. The molecule has 2 N–H and O–H groups in total. The highest BCUT2D eigenvalue weighted by Crippen LogP contribution is 2.46. The number of esters is 1. The Bertz CT molecular complexity index is 1020. The normalized spacial score (nSPS) is 21.6. The lowest BCUT2D eigenvalue weighted by molar-refractivity contribution is -0.150. The van der Waals surface area contributed by atoms with E-state index >= 15 is 0 Å². The van der Waals surface area contributed by atoms with E-state index in [1.165, 1.54) is 6.92 Å². The summed E-state index contributed by atoms with van der Waals surface area (Å²) >= 11 is 17.4. The van der Waals surface area contributed by atoms with Crippen molar-refractivity contribution >= 4 is 70.3 Å². The van der Waals surface area contributed by atoms with Crippen molar-refractivity contribution in [3.05, 3.63) is 52.8 Å². The van der Waals surface area contributed by atoms with E-state index in [0.29, 0.717) is 5.75 Å². The van der Waals surface area contributed by atoms with Crippen LogP contribution in [0.4, 0.5) is 0 Å². The van der Waals surface area contributed by atoms with Crippen LogP contribution in [0.1, 0.15) is 6.92 Å². The average molecular weight is 522 g/mol. The molecule has 0 aromatic heterocycles. The van der Waals surface area contributed by atoms with Crippen LogP contribution in [0.25, 0.3) is 0 Å². The summed E-state index contributed by atoms with van der Waals surface area (Å²) in [4.78, 5) is 49.6. The van der Waals surface area contributed by atoms with Crippen molar-refractivity contribution in [3.8, 4) is 5.75 Å². The monoisotopic (exact) mass is 520 g/mol. The minimum absolute atomic E-state index is 0.168. The van der Waals surface area contributed by atoms with E-state index in [0.717, 1.165) is 22.9 Å². The number of hydrogen-bond donors (Lipinski definition) is 2. The van der Waals surface area contributed by atoms with E-state index in [-0.39, 0.29) is 22.8 Å². The minimum atomic E-state index is -2.32. The fourth-order valence-corrected chi connectivity index (χ4v) is 4.31. The lowest BCUT2D eigenvalue weighted by Gasteiger charge is -2.49. The van der Waals surface area contributed by atoms with Crippen LogP contribution in [-0.2, 0) is 23.9 Å². The first-order valence-electron chi connectivity index (χ1n) is 8.90. The smallest absolute Gasteiger partial charge is 0.363 e. The summed E-state index contributed by atoms with van der Waals surface area (Å²) in [6, 6.07) is 7.60. The lowest BCUT2D eigenvalue weighted by atomic mass is 10.0. The highest BCUT2D eigenvalue weighted by atomic mass is 35.6. The Morgan fingerprint density at radius 2 is 1.91 bits per heavy atom. The number of hydrogen-bond acceptors (Lipinski definition) is 7. The van der Waals surface area contributed by atoms with Crippen molar-refractivity contribution in [2.75, 3.05) is 6.61 Å². The van der Waals surface area contributed by atoms with Crippen LogP contribution in [-0.4, -0.2) is 55.6 Å². The van der Waals surface area contributed by atoms with Crippen LogP contribution in [0.3, 0.4) is 0 Å². The van der Waals surface area contributed by atoms with Gasteiger partial charge < -0.3 is 19.9 Å². The number of alkyl halides is 3. The van der Waals surface area contributed by atoms with Gasteiger partial charge in [-0.05, 0) is 24.6 Å². The molecule has 9 nitrogen and oxygen atoms in total. The standard InChI is InChI=1S/C19H15Cl3N2O7S/c1-9-11(7-31-18(29)19(20,21)22)32-16-13(15(26)24(16)14(9)17(27)28)23-12(25)8-30-10-5-3-2-4-6-10/h2-7,13,16H,8H2,1H3,(H,23,25)(H,27,28)/b11-7-/t13?,16-/m1/s1. The number of carboxylic acids is 1. The number of carboxylic acid groups (broad SMARTS) is 1. The quantitative estimate of drug-likeness (QED) is 0.253. The number of para-hydroxylation sites is 1. The van der Waals surface area contributed by atoms with Crippen molar-refractivity contribution < 1.29 is 33.8 Å². The number of nitrogens with one attached hydrogen (secondary N) is 1. The molecule has 2 amide bonds. The van der Waals surface area contributed by atoms with Crippen molar-refractivity contribution in [1.82, 2.24) is 10.2 Å². The second-order valence-electron chi connectivity index (χ2n) is 6.53. The van der Waals surface area contributed by atoms with Gasteiger partial charge in [0.25, 0.3) is 15.6 Å². The van der Waals surface area contributed by atoms with E-state index in [1.807, 2.05) is 0 Å². The van der Waals surface area contributed by atoms with E-state index in [2.05, 4.69) is 5.32 Å². The number of fused-ring (bicyclic) bond motifs is 1. The molecule has 170 valence electrons. The number of benzene rings is 1. The SMILES string of the molecule is CC1=C(C(=O)O)N2C(=O)C(NC(=O)COc3ccccc3)[C@H]2S/C1=C\OC(=O)C(Cl)(Cl)Cl. The van der Waals surface area contributed by atoms with Gasteiger partial charge in [0.05, 0.1) is 0 Å². The van der Waals surface area contributed by atoms with Crippen LogP contribution < -0.4 is 10.1 Å². The van der Waals surface area contributed by atoms with Crippen LogP contribution in [0.5, 0.6) is 5.75 Å². The van der Waals surface area contributed by atoms with Crippen molar-refractivity contribution in [3.63, 3.8) is 0 Å². The number of amides is 2. The van der Waals surface area contributed by atoms with Gasteiger partial charge in [0, 0.05) is 4.91 Å². The highest BCUT2D eigenvalue weighted by Gasteiger charge is 2.55. The first-order valence-corrected chi connectivity index (χ1v) is 10.9. The number of halogens is 3. The average Bonchev–Trinajstić information content (AvgIpc) is 2.74. The highest BCUT2D eigenvalue weighted by molar-refractivity contribution is 8.04. The third-order valence-electron chi connectivity index (χ3n) is 4.39. The third kappa shape index (κ3) is 5.15. The molecule has 0 aliphatic carbocycles. The molecule has 1 unspecified atom stereocenters. The molecule has 0 spiro atoms. The maximum Gasteiger partial charge on any atom is 0.363 e. The Labute approximate surface area is 201 Å². The Hall–Kier alpha value is -2.40. The number of rotatable bonds is 6. The molecule has 1 fully saturated rings. The molecular weight excluding hydrogens is 507 g/mol. The van der Waals surface area contributed by atoms with Crippen LogP contribution in [0, 0.1) is 0 Å². The van der Waals surface area contributed by atoms with Crippen LogP contribution in [0.2, 0.25) is 0 Å². The van der Waals surface area contributed by atoms with E-state index in [4.69, 9.17) is 44.3 Å². The molecule has 0 saturated carbocycles. The topological polar surface area (TPSA) is 122 Å². The van der Waals surface area contributed by atoms with Gasteiger partial charge in [-0.2, -0.15) is 0 Å². The first kappa shape index (κ1) is 24.2. The molecule has 2 heterocycles. The molecule has 13 heteroatoms. The molecule has 1 saturated heterocycles. The molecule has 1 aromatic rings. The molecule has 0 radical (unpaired) electrons. The Morgan fingerprint density at radius 1 is 1.25 bits per heavy atom. The summed E-state index contributed by atoms with van der Waals surface area (Å²) in [6.07, 6.45) is 0.949. The molecule has 2 aliphatic rings. The van der Waals surface area contributed by atoms with Crippen molar-refractivity contribution in [2.45, 2.75) is 22.1 Å². The molecule has 2 aliphatic heterocycles. The minimum Gasteiger partial charge on any atom is -0.484 e. The third-order valence-corrected chi connectivity index (χ3v) is 6.24. The summed E-state index contributed by atoms with van der Waals surface area (Å²) in [5, 5.41) is 11.3. The Morgan fingerprint density at radius 3 is 2.50 bits per heavy atom. The van der Waals surface area contributed by atoms with Gasteiger partial charge in [-0.25, -0.2) is 9.59 Å². The van der Waals surface area contributed by atoms with Crippen molar-refractivity contribution in [1.29, 1.82) is 0 Å². The lowest BCUT2D eigenvalue weighted by Crippen LogP contribution is -2.70. The van der Waals surface area contributed by atoms with E-state index in [1.54, 1.807) is 30.3 Å². The molecule has 2 atom stereocenters. The predicted molar refractivity (Wildman–Crippen MR) is 117 cm³/mol. The molecule has 32 heavy (non-hydrogen) atoms. The predicted octanol–water partition coefficient (Wildman–Crippen LogP) is 2.58. The molecular formula is C19H15Cl3N2O7S. The van der Waals surface area contributed by atoms with E-state index in [9.17, 15) is 24.3 Å². The Kier molecular flexibility index (Phi) is 7.29. The first-order chi connectivity index (χ1) is 15.0. The van der Waals surface area contributed by atoms with Gasteiger partial charge in [0.15, 0.2) is 6.61 Å². The summed E-state index contributed by atoms with van der Waals surface area (Å²) < 4.78 is 7.85. The molecule has 0 bridgehead atoms. The number of nitrogens with zero attached hydrogens (tertiary/aromatic N) is 1. The maximum atomic E-state index is 12.6. The van der Waals surface area contributed by atoms with Gasteiger partial charge in [0.2, 0.25) is 0 Å².